The van der Waals surface area contributed by atoms with Crippen molar-refractivity contribution < 1.29 is 9.90 Å². The molecule has 0 heterocycles. The van der Waals surface area contributed by atoms with Gasteiger partial charge in [-0.25, -0.2) is 0 Å². The largest absolute Gasteiger partial charge is 0.480 e. The van der Waals surface area contributed by atoms with Gasteiger partial charge in [-0.2, -0.15) is 0 Å². The summed E-state index contributed by atoms with van der Waals surface area (Å²) < 4.78 is 0. The smallest absolute Gasteiger partial charge is 0.323 e. The molecule has 0 bridgehead atoms. The van der Waals surface area contributed by atoms with Crippen LogP contribution >= 0.6 is 0 Å². The molecule has 0 saturated heterocycles. The minimum atomic E-state index is -0.641. The molecular weight excluding hydrogens is 190 g/mol. The lowest BCUT2D eigenvalue weighted by atomic mass is 9.76. The first-order valence-electron chi connectivity index (χ1n) is 6.24. The first kappa shape index (κ1) is 10.9. The summed E-state index contributed by atoms with van der Waals surface area (Å²) in [6.07, 6.45) is 10.2. The molecule has 2 N–H and O–H groups in total. The van der Waals surface area contributed by atoms with E-state index in [0.717, 1.165) is 32.1 Å². The first-order chi connectivity index (χ1) is 7.23. The lowest BCUT2D eigenvalue weighted by molar-refractivity contribution is -0.149. The van der Waals surface area contributed by atoms with E-state index in [4.69, 9.17) is 0 Å². The standard InChI is InChI=1S/C12H21NO2/c14-11(15)12(8-5-9-12)13-10-6-3-1-2-4-7-10/h10,13H,1-9H2,(H,14,15). The van der Waals surface area contributed by atoms with Crippen LogP contribution in [-0.4, -0.2) is 22.7 Å². The van der Waals surface area contributed by atoms with E-state index in [-0.39, 0.29) is 0 Å². The van der Waals surface area contributed by atoms with E-state index >= 15 is 0 Å². The van der Waals surface area contributed by atoms with Gasteiger partial charge in [0.15, 0.2) is 0 Å². The van der Waals surface area contributed by atoms with E-state index in [0.29, 0.717) is 6.04 Å². The molecule has 3 nitrogen and oxygen atoms in total. The average molecular weight is 211 g/mol. The predicted octanol–water partition coefficient (Wildman–Crippen LogP) is 2.31. The number of hydrogen-bond donors (Lipinski definition) is 2. The Morgan fingerprint density at radius 1 is 1.07 bits per heavy atom. The zero-order chi connectivity index (χ0) is 10.7. The molecule has 0 aromatic heterocycles. The van der Waals surface area contributed by atoms with Gasteiger partial charge in [-0.15, -0.1) is 0 Å². The number of rotatable bonds is 3. The Hall–Kier alpha value is -0.570. The highest BCUT2D eigenvalue weighted by Crippen LogP contribution is 2.34. The van der Waals surface area contributed by atoms with Crippen LogP contribution in [0.3, 0.4) is 0 Å². The summed E-state index contributed by atoms with van der Waals surface area (Å²) in [6.45, 7) is 0. The normalized spacial score (nSPS) is 26.7. The van der Waals surface area contributed by atoms with Crippen molar-refractivity contribution in [2.75, 3.05) is 0 Å². The van der Waals surface area contributed by atoms with E-state index < -0.39 is 11.5 Å². The van der Waals surface area contributed by atoms with Crippen LogP contribution in [0.2, 0.25) is 0 Å². The summed E-state index contributed by atoms with van der Waals surface area (Å²) in [5.74, 6) is -0.641. The van der Waals surface area contributed by atoms with E-state index in [1.165, 1.54) is 25.7 Å². The maximum atomic E-state index is 11.2. The van der Waals surface area contributed by atoms with Crippen LogP contribution in [0.4, 0.5) is 0 Å². The van der Waals surface area contributed by atoms with Crippen LogP contribution in [0.1, 0.15) is 57.8 Å². The van der Waals surface area contributed by atoms with Gasteiger partial charge < -0.3 is 5.11 Å². The zero-order valence-corrected chi connectivity index (χ0v) is 9.30. The summed E-state index contributed by atoms with van der Waals surface area (Å²) in [7, 11) is 0. The Morgan fingerprint density at radius 3 is 2.07 bits per heavy atom. The maximum Gasteiger partial charge on any atom is 0.323 e. The zero-order valence-electron chi connectivity index (χ0n) is 9.30. The van der Waals surface area contributed by atoms with Crippen molar-refractivity contribution in [3.8, 4) is 0 Å². The molecule has 2 rings (SSSR count). The van der Waals surface area contributed by atoms with Crippen LogP contribution in [0.5, 0.6) is 0 Å². The van der Waals surface area contributed by atoms with E-state index in [1.54, 1.807) is 0 Å². The number of carboxylic acid groups (broad SMARTS) is 1. The van der Waals surface area contributed by atoms with Gasteiger partial charge in [-0.3, -0.25) is 10.1 Å². The monoisotopic (exact) mass is 211 g/mol. The molecule has 15 heavy (non-hydrogen) atoms. The fourth-order valence-electron chi connectivity index (χ4n) is 2.76. The predicted molar refractivity (Wildman–Crippen MR) is 58.8 cm³/mol. The van der Waals surface area contributed by atoms with Gasteiger partial charge >= 0.3 is 5.97 Å². The van der Waals surface area contributed by atoms with Gasteiger partial charge in [0, 0.05) is 6.04 Å². The fraction of sp³-hybridized carbons (Fsp3) is 0.917. The highest BCUT2D eigenvalue weighted by Gasteiger charge is 2.45. The molecule has 2 aliphatic rings. The molecule has 0 spiro atoms. The molecule has 0 aromatic carbocycles. The second kappa shape index (κ2) is 4.52. The van der Waals surface area contributed by atoms with Gasteiger partial charge in [-0.1, -0.05) is 25.7 Å². The highest BCUT2D eigenvalue weighted by molar-refractivity contribution is 5.80. The van der Waals surface area contributed by atoms with Crippen molar-refractivity contribution in [3.63, 3.8) is 0 Å². The molecule has 2 fully saturated rings. The molecule has 2 aliphatic carbocycles. The number of hydrogen-bond acceptors (Lipinski definition) is 2. The molecule has 2 saturated carbocycles. The third kappa shape index (κ3) is 2.33. The number of carbonyl (C=O) groups is 1. The molecule has 0 aliphatic heterocycles. The summed E-state index contributed by atoms with van der Waals surface area (Å²) >= 11 is 0. The molecule has 0 atom stereocenters. The lowest BCUT2D eigenvalue weighted by Crippen LogP contribution is -2.60. The first-order valence-corrected chi connectivity index (χ1v) is 6.24. The van der Waals surface area contributed by atoms with Crippen LogP contribution < -0.4 is 5.32 Å². The Bertz CT molecular complexity index is 228. The molecule has 0 radical (unpaired) electrons. The molecule has 86 valence electrons. The SMILES string of the molecule is O=C(O)C1(NC2CCCCCC2)CCC1. The minimum Gasteiger partial charge on any atom is -0.480 e. The van der Waals surface area contributed by atoms with Gasteiger partial charge in [0.1, 0.15) is 5.54 Å². The van der Waals surface area contributed by atoms with Crippen molar-refractivity contribution in [2.24, 2.45) is 0 Å². The summed E-state index contributed by atoms with van der Waals surface area (Å²) in [6, 6.07) is 0.448. The summed E-state index contributed by atoms with van der Waals surface area (Å²) in [5.41, 5.74) is -0.561. The Balaban J connectivity index is 1.90. The molecule has 0 aromatic rings. The number of nitrogens with one attached hydrogen (secondary N) is 1. The van der Waals surface area contributed by atoms with Crippen molar-refractivity contribution in [1.29, 1.82) is 0 Å². The minimum absolute atomic E-state index is 0.448. The second-order valence-electron chi connectivity index (χ2n) is 5.07. The molecular formula is C12H21NO2. The quantitative estimate of drug-likeness (QED) is 0.704. The molecule has 3 heteroatoms. The molecule has 0 unspecified atom stereocenters. The Kier molecular flexibility index (Phi) is 3.29. The second-order valence-corrected chi connectivity index (χ2v) is 5.07. The van der Waals surface area contributed by atoms with Gasteiger partial charge in [-0.05, 0) is 32.1 Å². The number of aliphatic carboxylic acids is 1. The van der Waals surface area contributed by atoms with Crippen LogP contribution in [0.15, 0.2) is 0 Å². The fourth-order valence-corrected chi connectivity index (χ4v) is 2.76. The van der Waals surface area contributed by atoms with E-state index in [2.05, 4.69) is 5.32 Å². The Morgan fingerprint density at radius 2 is 1.67 bits per heavy atom. The summed E-state index contributed by atoms with van der Waals surface area (Å²) in [4.78, 5) is 11.2. The van der Waals surface area contributed by atoms with Crippen molar-refractivity contribution >= 4 is 5.97 Å². The van der Waals surface area contributed by atoms with Crippen molar-refractivity contribution in [3.05, 3.63) is 0 Å². The lowest BCUT2D eigenvalue weighted by Gasteiger charge is -2.41. The topological polar surface area (TPSA) is 49.3 Å². The van der Waals surface area contributed by atoms with Crippen LogP contribution in [-0.2, 0) is 4.79 Å². The maximum absolute atomic E-state index is 11.2. The van der Waals surface area contributed by atoms with Crippen LogP contribution in [0.25, 0.3) is 0 Å². The third-order valence-corrected chi connectivity index (χ3v) is 3.95. The summed E-state index contributed by atoms with van der Waals surface area (Å²) in [5, 5.41) is 12.6. The van der Waals surface area contributed by atoms with Gasteiger partial charge in [0.05, 0.1) is 0 Å². The van der Waals surface area contributed by atoms with Crippen molar-refractivity contribution in [1.82, 2.24) is 5.32 Å². The van der Waals surface area contributed by atoms with E-state index in [1.807, 2.05) is 0 Å². The van der Waals surface area contributed by atoms with E-state index in [9.17, 15) is 9.90 Å². The molecule has 0 amide bonds. The number of carboxylic acids is 1. The highest BCUT2D eigenvalue weighted by atomic mass is 16.4. The van der Waals surface area contributed by atoms with Gasteiger partial charge in [0.25, 0.3) is 0 Å². The Labute approximate surface area is 91.2 Å². The average Bonchev–Trinajstić information content (AvgIpc) is 2.38. The van der Waals surface area contributed by atoms with Gasteiger partial charge in [0.2, 0.25) is 0 Å². The van der Waals surface area contributed by atoms with Crippen molar-refractivity contribution in [2.45, 2.75) is 69.4 Å². The van der Waals surface area contributed by atoms with Crippen LogP contribution in [0, 0.1) is 0 Å². The third-order valence-electron chi connectivity index (χ3n) is 3.95.